The average Bonchev–Trinajstić information content (AvgIpc) is 3.37. The number of benzene rings is 1. The van der Waals surface area contributed by atoms with Crippen molar-refractivity contribution in [2.24, 2.45) is 0 Å². The topological polar surface area (TPSA) is 67.1 Å². The summed E-state index contributed by atoms with van der Waals surface area (Å²) in [4.78, 5) is 11.7. The van der Waals surface area contributed by atoms with Gasteiger partial charge in [-0.3, -0.25) is 0 Å². The van der Waals surface area contributed by atoms with Gasteiger partial charge in [0.2, 0.25) is 0 Å². The van der Waals surface area contributed by atoms with Crippen molar-refractivity contribution in [1.82, 2.24) is 9.88 Å². The number of halogens is 4. The van der Waals surface area contributed by atoms with Gasteiger partial charge in [0.05, 0.1) is 24.7 Å². The van der Waals surface area contributed by atoms with Gasteiger partial charge in [0, 0.05) is 22.8 Å². The van der Waals surface area contributed by atoms with Crippen LogP contribution in [-0.2, 0) is 11.3 Å². The smallest absolute Gasteiger partial charge is 0.430 e. The lowest BCUT2D eigenvalue weighted by atomic mass is 10.1. The summed E-state index contributed by atoms with van der Waals surface area (Å²) < 4.78 is 60.2. The summed E-state index contributed by atoms with van der Waals surface area (Å²) in [6, 6.07) is 4.28. The first-order valence-corrected chi connectivity index (χ1v) is 8.61. The molecule has 0 radical (unpaired) electrons. The number of aromatic nitrogens is 1. The standard InChI is InChI=1S/C19H19F4N3O2/c1-10(24)5-17(19(21,22)23)25-9-13-6-11-7-14(18(27)28-2)15(20)8-16(11)26(13)12-3-4-12/h5-8,12,24-25H,3-4,9H2,1-2H3/b17-5-,24-10?. The van der Waals surface area contributed by atoms with Crippen molar-refractivity contribution in [3.63, 3.8) is 0 Å². The number of carbonyl (C=O) groups excluding carboxylic acids is 1. The van der Waals surface area contributed by atoms with E-state index >= 15 is 0 Å². The van der Waals surface area contributed by atoms with Crippen LogP contribution in [0.5, 0.6) is 0 Å². The minimum atomic E-state index is -4.62. The highest BCUT2D eigenvalue weighted by atomic mass is 19.4. The first-order chi connectivity index (χ1) is 13.1. The van der Waals surface area contributed by atoms with E-state index in [0.29, 0.717) is 16.6 Å². The molecular formula is C19H19F4N3O2. The third-order valence-corrected chi connectivity index (χ3v) is 4.45. The highest BCUT2D eigenvalue weighted by Crippen LogP contribution is 2.40. The number of esters is 1. The van der Waals surface area contributed by atoms with Gasteiger partial charge in [-0.25, -0.2) is 9.18 Å². The second kappa shape index (κ2) is 7.29. The number of alkyl halides is 3. The number of rotatable bonds is 6. The van der Waals surface area contributed by atoms with Crippen molar-refractivity contribution in [2.45, 2.75) is 38.5 Å². The fourth-order valence-electron chi connectivity index (χ4n) is 3.11. The molecule has 2 N–H and O–H groups in total. The Bertz CT molecular complexity index is 972. The largest absolute Gasteiger partial charge is 0.465 e. The van der Waals surface area contributed by atoms with E-state index in [2.05, 4.69) is 10.1 Å². The summed E-state index contributed by atoms with van der Waals surface area (Å²) in [7, 11) is 1.15. The van der Waals surface area contributed by atoms with E-state index in [1.807, 2.05) is 0 Å². The molecule has 2 aromatic rings. The molecule has 28 heavy (non-hydrogen) atoms. The molecule has 1 aromatic carbocycles. The number of methoxy groups -OCH3 is 1. The Labute approximate surface area is 158 Å². The predicted molar refractivity (Wildman–Crippen MR) is 95.9 cm³/mol. The number of fused-ring (bicyclic) bond motifs is 1. The molecule has 150 valence electrons. The zero-order valence-electron chi connectivity index (χ0n) is 15.3. The van der Waals surface area contributed by atoms with Gasteiger partial charge in [-0.1, -0.05) is 0 Å². The highest BCUT2D eigenvalue weighted by molar-refractivity contribution is 5.95. The summed E-state index contributed by atoms with van der Waals surface area (Å²) in [5.74, 6) is -1.56. The van der Waals surface area contributed by atoms with E-state index in [1.165, 1.54) is 19.1 Å². The molecule has 0 bridgehead atoms. The third-order valence-electron chi connectivity index (χ3n) is 4.45. The molecule has 1 aromatic heterocycles. The Morgan fingerprint density at radius 3 is 2.57 bits per heavy atom. The van der Waals surface area contributed by atoms with E-state index < -0.39 is 23.7 Å². The van der Waals surface area contributed by atoms with E-state index in [9.17, 15) is 22.4 Å². The fourth-order valence-corrected chi connectivity index (χ4v) is 3.11. The summed E-state index contributed by atoms with van der Waals surface area (Å²) in [6.07, 6.45) is -2.21. The number of hydrogen-bond acceptors (Lipinski definition) is 4. The molecule has 0 unspecified atom stereocenters. The van der Waals surface area contributed by atoms with Crippen molar-refractivity contribution in [1.29, 1.82) is 5.41 Å². The Morgan fingerprint density at radius 2 is 2.04 bits per heavy atom. The van der Waals surface area contributed by atoms with Gasteiger partial charge >= 0.3 is 12.1 Å². The number of nitrogens with zero attached hydrogens (tertiary/aromatic N) is 1. The first-order valence-electron chi connectivity index (χ1n) is 8.61. The minimum Gasteiger partial charge on any atom is -0.465 e. The molecule has 1 heterocycles. The summed E-state index contributed by atoms with van der Waals surface area (Å²) >= 11 is 0. The highest BCUT2D eigenvalue weighted by Gasteiger charge is 2.34. The van der Waals surface area contributed by atoms with Gasteiger partial charge < -0.3 is 20.0 Å². The quantitative estimate of drug-likeness (QED) is 0.429. The Balaban J connectivity index is 2.00. The Morgan fingerprint density at radius 1 is 1.36 bits per heavy atom. The number of allylic oxidation sites excluding steroid dienone is 2. The second-order valence-corrected chi connectivity index (χ2v) is 6.71. The van der Waals surface area contributed by atoms with Crippen LogP contribution in [0.15, 0.2) is 30.0 Å². The summed E-state index contributed by atoms with van der Waals surface area (Å²) in [6.45, 7) is 1.10. The number of hydrogen-bond donors (Lipinski definition) is 2. The molecule has 0 saturated heterocycles. The van der Waals surface area contributed by atoms with Crippen LogP contribution in [0.1, 0.15) is 41.9 Å². The Hall–Kier alpha value is -2.84. The average molecular weight is 397 g/mol. The minimum absolute atomic E-state index is 0.0838. The molecule has 0 atom stereocenters. The van der Waals surface area contributed by atoms with E-state index in [4.69, 9.17) is 5.41 Å². The number of ether oxygens (including phenoxy) is 1. The van der Waals surface area contributed by atoms with Gasteiger partial charge in [0.15, 0.2) is 0 Å². The van der Waals surface area contributed by atoms with Crippen LogP contribution in [0.2, 0.25) is 0 Å². The van der Waals surface area contributed by atoms with Crippen molar-refractivity contribution >= 4 is 22.6 Å². The number of carbonyl (C=O) groups is 1. The molecule has 0 amide bonds. The molecule has 0 aliphatic heterocycles. The van der Waals surface area contributed by atoms with E-state index in [-0.39, 0.29) is 23.9 Å². The monoisotopic (exact) mass is 397 g/mol. The van der Waals surface area contributed by atoms with Crippen LogP contribution in [0.25, 0.3) is 10.9 Å². The van der Waals surface area contributed by atoms with E-state index in [1.54, 1.807) is 10.6 Å². The van der Waals surface area contributed by atoms with Gasteiger partial charge in [-0.2, -0.15) is 13.2 Å². The molecule has 1 aliphatic rings. The van der Waals surface area contributed by atoms with Crippen molar-refractivity contribution in [2.75, 3.05) is 7.11 Å². The summed E-state index contributed by atoms with van der Waals surface area (Å²) in [5, 5.41) is 10.2. The van der Waals surface area contributed by atoms with Crippen LogP contribution in [-0.4, -0.2) is 29.5 Å². The molecule has 9 heteroatoms. The van der Waals surface area contributed by atoms with Crippen molar-refractivity contribution in [3.8, 4) is 0 Å². The molecule has 1 fully saturated rings. The van der Waals surface area contributed by atoms with Gasteiger partial charge in [-0.05, 0) is 44.0 Å². The third kappa shape index (κ3) is 4.02. The normalized spacial score (nSPS) is 15.0. The molecule has 3 rings (SSSR count). The fraction of sp³-hybridized carbons (Fsp3) is 0.368. The Kier molecular flexibility index (Phi) is 5.18. The summed E-state index contributed by atoms with van der Waals surface area (Å²) in [5.41, 5.74) is -0.416. The van der Waals surface area contributed by atoms with Gasteiger partial charge in [-0.15, -0.1) is 0 Å². The van der Waals surface area contributed by atoms with E-state index in [0.717, 1.165) is 26.0 Å². The molecule has 1 saturated carbocycles. The maximum Gasteiger partial charge on any atom is 0.430 e. The molecular weight excluding hydrogens is 378 g/mol. The molecule has 0 spiro atoms. The molecule has 5 nitrogen and oxygen atoms in total. The van der Waals surface area contributed by atoms with Crippen LogP contribution >= 0.6 is 0 Å². The predicted octanol–water partition coefficient (Wildman–Crippen LogP) is 4.48. The maximum absolute atomic E-state index is 14.3. The van der Waals surface area contributed by atoms with Crippen molar-refractivity contribution < 1.29 is 27.1 Å². The van der Waals surface area contributed by atoms with Gasteiger partial charge in [0.25, 0.3) is 0 Å². The second-order valence-electron chi connectivity index (χ2n) is 6.71. The lowest BCUT2D eigenvalue weighted by molar-refractivity contribution is -0.0968. The first kappa shape index (κ1) is 19.9. The maximum atomic E-state index is 14.3. The van der Waals surface area contributed by atoms with Crippen LogP contribution in [0.3, 0.4) is 0 Å². The van der Waals surface area contributed by atoms with Crippen molar-refractivity contribution in [3.05, 3.63) is 47.0 Å². The lowest BCUT2D eigenvalue weighted by Crippen LogP contribution is -2.27. The lowest BCUT2D eigenvalue weighted by Gasteiger charge is -2.16. The van der Waals surface area contributed by atoms with Crippen LogP contribution in [0, 0.1) is 11.2 Å². The van der Waals surface area contributed by atoms with Crippen LogP contribution in [0.4, 0.5) is 17.6 Å². The zero-order chi connectivity index (χ0) is 20.6. The number of nitrogens with one attached hydrogen (secondary N) is 2. The SMILES string of the molecule is COC(=O)c1cc2cc(CN/C(=C\C(C)=N)C(F)(F)F)n(C3CC3)c2cc1F. The molecule has 1 aliphatic carbocycles. The zero-order valence-corrected chi connectivity index (χ0v) is 15.3. The van der Waals surface area contributed by atoms with Gasteiger partial charge in [0.1, 0.15) is 11.5 Å². The van der Waals surface area contributed by atoms with Crippen LogP contribution < -0.4 is 5.32 Å².